The lowest BCUT2D eigenvalue weighted by Crippen LogP contribution is -2.45. The minimum Gasteiger partial charge on any atom is -0.369 e. The molecule has 0 bridgehead atoms. The van der Waals surface area contributed by atoms with Gasteiger partial charge < -0.3 is 15.2 Å². The quantitative estimate of drug-likeness (QED) is 0.619. The first kappa shape index (κ1) is 12.6. The summed E-state index contributed by atoms with van der Waals surface area (Å²) in [4.78, 5) is 0. The second-order valence-corrected chi connectivity index (χ2v) is 6.75. The molecule has 3 fully saturated rings. The highest BCUT2D eigenvalue weighted by Crippen LogP contribution is 2.58. The maximum atomic E-state index is 6.14. The fraction of sp³-hybridized carbons (Fsp3) is 0.867. The van der Waals surface area contributed by atoms with Gasteiger partial charge in [0.2, 0.25) is 0 Å². The van der Waals surface area contributed by atoms with Crippen LogP contribution in [-0.4, -0.2) is 30.0 Å². The molecule has 1 spiro atoms. The molecule has 0 amide bonds. The van der Waals surface area contributed by atoms with E-state index < -0.39 is 0 Å². The predicted octanol–water partition coefficient (Wildman–Crippen LogP) is 2.40. The summed E-state index contributed by atoms with van der Waals surface area (Å²) in [5.74, 6) is 0.490. The third-order valence-corrected chi connectivity index (χ3v) is 5.04. The van der Waals surface area contributed by atoms with Crippen molar-refractivity contribution in [1.29, 1.82) is 0 Å². The first-order valence-electron chi connectivity index (χ1n) is 7.17. The minimum atomic E-state index is 0.000486. The van der Waals surface area contributed by atoms with Gasteiger partial charge in [0.05, 0.1) is 23.9 Å². The maximum Gasteiger partial charge on any atom is 0.0980 e. The molecule has 2 saturated heterocycles. The van der Waals surface area contributed by atoms with E-state index in [9.17, 15) is 0 Å². The summed E-state index contributed by atoms with van der Waals surface area (Å²) in [6.45, 7) is 7.45. The van der Waals surface area contributed by atoms with Crippen molar-refractivity contribution in [2.45, 2.75) is 69.8 Å². The van der Waals surface area contributed by atoms with E-state index >= 15 is 0 Å². The van der Waals surface area contributed by atoms with Gasteiger partial charge in [-0.25, -0.2) is 0 Å². The summed E-state index contributed by atoms with van der Waals surface area (Å²) in [5, 5.41) is 0. The van der Waals surface area contributed by atoms with Crippen LogP contribution in [0.1, 0.15) is 46.5 Å². The van der Waals surface area contributed by atoms with Gasteiger partial charge in [-0.2, -0.15) is 0 Å². The highest BCUT2D eigenvalue weighted by molar-refractivity contribution is 5.18. The Bertz CT molecular complexity index is 371. The van der Waals surface area contributed by atoms with Crippen molar-refractivity contribution in [3.05, 3.63) is 11.6 Å². The molecule has 0 aromatic rings. The molecule has 0 aromatic heterocycles. The molecule has 2 heterocycles. The van der Waals surface area contributed by atoms with Crippen LogP contribution in [0.25, 0.3) is 0 Å². The van der Waals surface area contributed by atoms with Crippen LogP contribution in [0.15, 0.2) is 11.6 Å². The van der Waals surface area contributed by atoms with Crippen molar-refractivity contribution in [2.24, 2.45) is 11.7 Å². The third kappa shape index (κ3) is 2.02. The Morgan fingerprint density at radius 2 is 2.17 bits per heavy atom. The van der Waals surface area contributed by atoms with Gasteiger partial charge in [0, 0.05) is 12.0 Å². The number of hydrogen-bond acceptors (Lipinski definition) is 3. The Hall–Kier alpha value is -0.380. The van der Waals surface area contributed by atoms with Crippen molar-refractivity contribution >= 4 is 0 Å². The van der Waals surface area contributed by atoms with Gasteiger partial charge in [0.15, 0.2) is 0 Å². The van der Waals surface area contributed by atoms with Crippen molar-refractivity contribution in [3.8, 4) is 0 Å². The van der Waals surface area contributed by atoms with Crippen LogP contribution >= 0.6 is 0 Å². The van der Waals surface area contributed by atoms with Crippen molar-refractivity contribution in [1.82, 2.24) is 0 Å². The van der Waals surface area contributed by atoms with Crippen LogP contribution in [0.2, 0.25) is 0 Å². The highest BCUT2D eigenvalue weighted by atomic mass is 16.6. The largest absolute Gasteiger partial charge is 0.369 e. The number of epoxide rings is 2. The van der Waals surface area contributed by atoms with Gasteiger partial charge in [-0.05, 0) is 46.5 Å². The standard InChI is InChI=1S/C15H25NO2/c1-10(2)4-5-13-14(3,18-13)12-8-11(16)6-7-15(12)9-17-15/h4,11-13H,5-9,16H2,1-3H3/t11-,12-,13-,14+,15+/m1/s1. The molecule has 5 atom stereocenters. The van der Waals surface area contributed by atoms with E-state index in [1.807, 2.05) is 0 Å². The molecule has 3 rings (SSSR count). The van der Waals surface area contributed by atoms with Crippen LogP contribution in [0.4, 0.5) is 0 Å². The van der Waals surface area contributed by atoms with Crippen LogP contribution in [0.3, 0.4) is 0 Å². The van der Waals surface area contributed by atoms with E-state index in [2.05, 4.69) is 26.8 Å². The number of ether oxygens (including phenoxy) is 2. The Morgan fingerprint density at radius 1 is 1.44 bits per heavy atom. The summed E-state index contributed by atoms with van der Waals surface area (Å²) in [6, 6.07) is 0.329. The maximum absolute atomic E-state index is 6.14. The number of rotatable bonds is 3. The lowest BCUT2D eigenvalue weighted by Gasteiger charge is -2.35. The molecule has 3 nitrogen and oxygen atoms in total. The summed E-state index contributed by atoms with van der Waals surface area (Å²) in [6.07, 6.45) is 6.95. The number of hydrogen-bond donors (Lipinski definition) is 1. The van der Waals surface area contributed by atoms with Crippen LogP contribution in [0.5, 0.6) is 0 Å². The van der Waals surface area contributed by atoms with Gasteiger partial charge in [-0.1, -0.05) is 11.6 Å². The Kier molecular flexibility index (Phi) is 2.85. The SMILES string of the molecule is CC(C)=CC[C@H]1O[C@@]1(C)[C@H]1C[C@H](N)CC[C@]12CO2. The van der Waals surface area contributed by atoms with E-state index in [-0.39, 0.29) is 11.2 Å². The van der Waals surface area contributed by atoms with Crippen molar-refractivity contribution in [3.63, 3.8) is 0 Å². The molecular formula is C15H25NO2. The molecule has 3 aliphatic rings. The van der Waals surface area contributed by atoms with E-state index in [0.717, 1.165) is 32.3 Å². The zero-order valence-corrected chi connectivity index (χ0v) is 11.7. The van der Waals surface area contributed by atoms with E-state index in [1.165, 1.54) is 5.57 Å². The molecule has 1 aliphatic carbocycles. The fourth-order valence-electron chi connectivity index (χ4n) is 3.64. The Balaban J connectivity index is 1.69. The lowest BCUT2D eigenvalue weighted by atomic mass is 9.69. The van der Waals surface area contributed by atoms with Crippen LogP contribution < -0.4 is 5.73 Å². The van der Waals surface area contributed by atoms with E-state index in [0.29, 0.717) is 18.1 Å². The first-order chi connectivity index (χ1) is 8.46. The molecular weight excluding hydrogens is 226 g/mol. The van der Waals surface area contributed by atoms with Gasteiger partial charge >= 0.3 is 0 Å². The first-order valence-corrected chi connectivity index (χ1v) is 7.17. The molecule has 0 aromatic carbocycles. The second kappa shape index (κ2) is 4.06. The zero-order chi connectivity index (χ0) is 13.0. The van der Waals surface area contributed by atoms with Crippen LogP contribution in [0, 0.1) is 5.92 Å². The molecule has 2 aliphatic heterocycles. The molecule has 2 N–H and O–H groups in total. The Morgan fingerprint density at radius 3 is 2.78 bits per heavy atom. The summed E-state index contributed by atoms with van der Waals surface area (Å²) >= 11 is 0. The topological polar surface area (TPSA) is 51.1 Å². The third-order valence-electron chi connectivity index (χ3n) is 5.04. The molecule has 102 valence electrons. The fourth-order valence-corrected chi connectivity index (χ4v) is 3.64. The van der Waals surface area contributed by atoms with Crippen molar-refractivity contribution in [2.75, 3.05) is 6.61 Å². The molecule has 1 saturated carbocycles. The van der Waals surface area contributed by atoms with Gasteiger partial charge in [0.25, 0.3) is 0 Å². The number of allylic oxidation sites excluding steroid dienone is 1. The minimum absolute atomic E-state index is 0.000486. The monoisotopic (exact) mass is 251 g/mol. The lowest BCUT2D eigenvalue weighted by molar-refractivity contribution is 0.0801. The number of nitrogens with two attached hydrogens (primary N) is 1. The van der Waals surface area contributed by atoms with Gasteiger partial charge in [-0.15, -0.1) is 0 Å². The summed E-state index contributed by atoms with van der Waals surface area (Å²) < 4.78 is 11.8. The Labute approximate surface area is 110 Å². The normalized spacial score (nSPS) is 50.1. The van der Waals surface area contributed by atoms with Crippen LogP contribution in [-0.2, 0) is 9.47 Å². The molecule has 0 radical (unpaired) electrons. The smallest absolute Gasteiger partial charge is 0.0980 e. The summed E-state index contributed by atoms with van der Waals surface area (Å²) in [5.41, 5.74) is 7.63. The van der Waals surface area contributed by atoms with E-state index in [4.69, 9.17) is 15.2 Å². The van der Waals surface area contributed by atoms with E-state index in [1.54, 1.807) is 0 Å². The average Bonchev–Trinajstić information content (AvgIpc) is 3.19. The second-order valence-electron chi connectivity index (χ2n) is 6.75. The summed E-state index contributed by atoms with van der Waals surface area (Å²) in [7, 11) is 0. The molecule has 18 heavy (non-hydrogen) atoms. The van der Waals surface area contributed by atoms with Gasteiger partial charge in [0.1, 0.15) is 0 Å². The zero-order valence-electron chi connectivity index (χ0n) is 11.7. The van der Waals surface area contributed by atoms with Crippen molar-refractivity contribution < 1.29 is 9.47 Å². The predicted molar refractivity (Wildman–Crippen MR) is 71.3 cm³/mol. The molecule has 0 unspecified atom stereocenters. The highest BCUT2D eigenvalue weighted by Gasteiger charge is 2.68. The average molecular weight is 251 g/mol. The van der Waals surface area contributed by atoms with Gasteiger partial charge in [-0.3, -0.25) is 0 Å². The molecule has 3 heteroatoms.